The van der Waals surface area contributed by atoms with Crippen molar-refractivity contribution in [3.05, 3.63) is 52.9 Å². The first-order valence-corrected chi connectivity index (χ1v) is 8.27. The third-order valence-corrected chi connectivity index (χ3v) is 4.60. The zero-order valence-electron chi connectivity index (χ0n) is 11.2. The number of rotatable bonds is 2. The molecule has 0 N–H and O–H groups in total. The van der Waals surface area contributed by atoms with Crippen molar-refractivity contribution < 1.29 is 0 Å². The van der Waals surface area contributed by atoms with Crippen LogP contribution in [0.25, 0.3) is 11.5 Å². The van der Waals surface area contributed by atoms with Crippen LogP contribution in [-0.4, -0.2) is 36.3 Å². The van der Waals surface area contributed by atoms with E-state index in [0.717, 1.165) is 26.7 Å². The molecule has 3 aromatic rings. The van der Waals surface area contributed by atoms with Gasteiger partial charge in [-0.15, -0.1) is 10.2 Å². The van der Waals surface area contributed by atoms with Crippen molar-refractivity contribution in [2.24, 2.45) is 5.10 Å². The zero-order valence-corrected chi connectivity index (χ0v) is 13.6. The second kappa shape index (κ2) is 5.62. The van der Waals surface area contributed by atoms with Crippen LogP contribution in [0.4, 0.5) is 0 Å². The average Bonchev–Trinajstić information content (AvgIpc) is 2.99. The predicted octanol–water partition coefficient (Wildman–Crippen LogP) is 2.86. The van der Waals surface area contributed by atoms with Crippen molar-refractivity contribution in [1.29, 1.82) is 0 Å². The molecule has 0 aliphatic carbocycles. The largest absolute Gasteiger partial charge is 0.261 e. The first-order chi connectivity index (χ1) is 10.8. The van der Waals surface area contributed by atoms with Crippen molar-refractivity contribution >= 4 is 33.4 Å². The Labute approximate surface area is 138 Å². The lowest BCUT2D eigenvalue weighted by molar-refractivity contribution is 0.760. The number of hydrogen-bond acceptors (Lipinski definition) is 6. The Kier molecular flexibility index (Phi) is 3.47. The summed E-state index contributed by atoms with van der Waals surface area (Å²) in [7, 11) is 0. The van der Waals surface area contributed by atoms with Crippen LogP contribution in [0.3, 0.4) is 0 Å². The minimum atomic E-state index is 0.602. The molecule has 0 amide bonds. The van der Waals surface area contributed by atoms with Crippen molar-refractivity contribution in [2.45, 2.75) is 5.16 Å². The number of aromatic nitrogens is 5. The first-order valence-electron chi connectivity index (χ1n) is 6.49. The molecule has 6 nitrogen and oxygen atoms in total. The second-order valence-corrected chi connectivity index (χ2v) is 6.41. The average molecular weight is 373 g/mol. The van der Waals surface area contributed by atoms with Gasteiger partial charge in [0.2, 0.25) is 11.0 Å². The Balaban J connectivity index is 1.79. The van der Waals surface area contributed by atoms with E-state index >= 15 is 0 Å². The van der Waals surface area contributed by atoms with Gasteiger partial charge in [0.15, 0.2) is 0 Å². The summed E-state index contributed by atoms with van der Waals surface area (Å²) in [6, 6.07) is 8.10. The fraction of sp³-hybridized carbons (Fsp3) is 0.0714. The van der Waals surface area contributed by atoms with Crippen LogP contribution in [0.1, 0.15) is 5.56 Å². The molecule has 8 heteroatoms. The third kappa shape index (κ3) is 2.44. The maximum Gasteiger partial charge on any atom is 0.212 e. The van der Waals surface area contributed by atoms with E-state index in [-0.39, 0.29) is 0 Å². The summed E-state index contributed by atoms with van der Waals surface area (Å²) in [6.07, 6.45) is 4.92. The Hall–Kier alpha value is -2.06. The summed E-state index contributed by atoms with van der Waals surface area (Å²) in [5, 5.41) is 13.8. The number of benzene rings is 1. The van der Waals surface area contributed by atoms with Crippen molar-refractivity contribution in [3.8, 4) is 11.5 Å². The maximum absolute atomic E-state index is 4.69. The molecule has 2 aromatic heterocycles. The van der Waals surface area contributed by atoms with E-state index in [2.05, 4.69) is 41.2 Å². The zero-order chi connectivity index (χ0) is 14.9. The fourth-order valence-electron chi connectivity index (χ4n) is 2.09. The second-order valence-electron chi connectivity index (χ2n) is 4.55. The van der Waals surface area contributed by atoms with Crippen molar-refractivity contribution in [1.82, 2.24) is 24.8 Å². The lowest BCUT2D eigenvalue weighted by atomic mass is 10.1. The summed E-state index contributed by atoms with van der Waals surface area (Å²) in [5.74, 6) is 1.37. The van der Waals surface area contributed by atoms with Crippen LogP contribution >= 0.6 is 27.7 Å². The van der Waals surface area contributed by atoms with E-state index in [1.54, 1.807) is 35.0 Å². The van der Waals surface area contributed by atoms with Crippen molar-refractivity contribution in [3.63, 3.8) is 0 Å². The number of hydrogen-bond donors (Lipinski definition) is 0. The SMILES string of the molecule is Brc1ccc(C2=Nn3c(nnc3-c3cnccn3)SC2)cc1. The van der Waals surface area contributed by atoms with Gasteiger partial charge in [-0.3, -0.25) is 4.98 Å². The van der Waals surface area contributed by atoms with Gasteiger partial charge in [0, 0.05) is 22.6 Å². The van der Waals surface area contributed by atoms with Crippen LogP contribution in [0, 0.1) is 0 Å². The molecule has 1 aliphatic heterocycles. The normalized spacial score (nSPS) is 13.6. The van der Waals surface area contributed by atoms with Gasteiger partial charge in [-0.05, 0) is 17.7 Å². The van der Waals surface area contributed by atoms with E-state index in [4.69, 9.17) is 0 Å². The number of nitrogens with zero attached hydrogens (tertiary/aromatic N) is 6. The van der Waals surface area contributed by atoms with Gasteiger partial charge in [-0.1, -0.05) is 39.8 Å². The number of thioether (sulfide) groups is 1. The standard InChI is InChI=1S/C14H9BrN6S/c15-10-3-1-9(2-4-10)12-8-22-14-19-18-13(21(14)20-12)11-7-16-5-6-17-11/h1-7H,8H2. The number of fused-ring (bicyclic) bond motifs is 1. The van der Waals surface area contributed by atoms with Gasteiger partial charge in [0.1, 0.15) is 5.69 Å². The minimum absolute atomic E-state index is 0.602. The lowest BCUT2D eigenvalue weighted by Crippen LogP contribution is -2.13. The van der Waals surface area contributed by atoms with E-state index in [9.17, 15) is 0 Å². The molecular weight excluding hydrogens is 364 g/mol. The highest BCUT2D eigenvalue weighted by Crippen LogP contribution is 2.27. The van der Waals surface area contributed by atoms with Gasteiger partial charge >= 0.3 is 0 Å². The van der Waals surface area contributed by atoms with Crippen LogP contribution < -0.4 is 0 Å². The van der Waals surface area contributed by atoms with Gasteiger partial charge in [0.25, 0.3) is 0 Å². The molecule has 0 spiro atoms. The Morgan fingerprint density at radius 2 is 1.95 bits per heavy atom. The summed E-state index contributed by atoms with van der Waals surface area (Å²) in [4.78, 5) is 8.34. The molecule has 1 aromatic carbocycles. The van der Waals surface area contributed by atoms with Crippen LogP contribution in [0.15, 0.2) is 57.6 Å². The van der Waals surface area contributed by atoms with E-state index in [1.807, 2.05) is 24.3 Å². The molecule has 22 heavy (non-hydrogen) atoms. The fourth-order valence-corrected chi connectivity index (χ4v) is 3.19. The van der Waals surface area contributed by atoms with Crippen LogP contribution in [0.5, 0.6) is 0 Å². The first kappa shape index (κ1) is 13.6. The lowest BCUT2D eigenvalue weighted by Gasteiger charge is -2.13. The molecule has 108 valence electrons. The molecule has 4 rings (SSSR count). The summed E-state index contributed by atoms with van der Waals surface area (Å²) in [5.41, 5.74) is 2.72. The summed E-state index contributed by atoms with van der Waals surface area (Å²) >= 11 is 5.06. The topological polar surface area (TPSA) is 68.8 Å². The van der Waals surface area contributed by atoms with Gasteiger partial charge < -0.3 is 0 Å². The molecule has 0 fully saturated rings. The Morgan fingerprint density at radius 1 is 1.09 bits per heavy atom. The molecular formula is C14H9BrN6S. The predicted molar refractivity (Wildman–Crippen MR) is 87.8 cm³/mol. The monoisotopic (exact) mass is 372 g/mol. The summed E-state index contributed by atoms with van der Waals surface area (Å²) in [6.45, 7) is 0. The molecule has 0 unspecified atom stereocenters. The van der Waals surface area contributed by atoms with Crippen molar-refractivity contribution in [2.75, 3.05) is 5.75 Å². The number of halogens is 1. The van der Waals surface area contributed by atoms with E-state index < -0.39 is 0 Å². The molecule has 0 atom stereocenters. The minimum Gasteiger partial charge on any atom is -0.261 e. The molecule has 1 aliphatic rings. The highest BCUT2D eigenvalue weighted by atomic mass is 79.9. The highest BCUT2D eigenvalue weighted by molar-refractivity contribution is 9.10. The van der Waals surface area contributed by atoms with E-state index in [1.165, 1.54) is 0 Å². The van der Waals surface area contributed by atoms with Gasteiger partial charge in [-0.2, -0.15) is 9.78 Å². The molecule has 0 saturated heterocycles. The van der Waals surface area contributed by atoms with Crippen LogP contribution in [-0.2, 0) is 0 Å². The smallest absolute Gasteiger partial charge is 0.212 e. The third-order valence-electron chi connectivity index (χ3n) is 3.14. The quantitative estimate of drug-likeness (QED) is 0.691. The molecule has 0 radical (unpaired) electrons. The Bertz CT molecular complexity index is 844. The van der Waals surface area contributed by atoms with Crippen LogP contribution in [0.2, 0.25) is 0 Å². The highest BCUT2D eigenvalue weighted by Gasteiger charge is 2.21. The molecule has 3 heterocycles. The summed E-state index contributed by atoms with van der Waals surface area (Å²) < 4.78 is 2.78. The maximum atomic E-state index is 4.69. The molecule has 0 bridgehead atoms. The van der Waals surface area contributed by atoms with E-state index in [0.29, 0.717) is 11.5 Å². The Morgan fingerprint density at radius 3 is 2.73 bits per heavy atom. The van der Waals surface area contributed by atoms with Gasteiger partial charge in [0.05, 0.1) is 11.9 Å². The molecule has 0 saturated carbocycles. The van der Waals surface area contributed by atoms with Gasteiger partial charge in [-0.25, -0.2) is 4.98 Å².